The van der Waals surface area contributed by atoms with Crippen LogP contribution in [-0.2, 0) is 38.2 Å². The Morgan fingerprint density at radius 3 is 0.924 bits per heavy atom. The van der Waals surface area contributed by atoms with Gasteiger partial charge in [0.15, 0.2) is 0 Å². The fourth-order valence-corrected chi connectivity index (χ4v) is 9.64. The Morgan fingerprint density at radius 2 is 0.621 bits per heavy atom. The van der Waals surface area contributed by atoms with E-state index in [2.05, 4.69) is 13.8 Å². The number of hydrogen-bond donors (Lipinski definition) is 0. The summed E-state index contributed by atoms with van der Waals surface area (Å²) in [5.74, 6) is 0.427. The summed E-state index contributed by atoms with van der Waals surface area (Å²) in [6, 6.07) is 0. The third-order valence-corrected chi connectivity index (χ3v) is 13.8. The van der Waals surface area contributed by atoms with E-state index in [1.807, 2.05) is 0 Å². The molecule has 2 rings (SSSR count). The third kappa shape index (κ3) is 30.2. The Hall–Kier alpha value is -3.30. The molecule has 2 heterocycles. The summed E-state index contributed by atoms with van der Waals surface area (Å²) in [4.78, 5) is 73.5. The number of imide groups is 2. The molecule has 2 unspecified atom stereocenters. The van der Waals surface area contributed by atoms with E-state index in [0.717, 1.165) is 50.4 Å². The molecule has 378 valence electrons. The van der Waals surface area contributed by atoms with Crippen molar-refractivity contribution in [3.8, 4) is 0 Å². The lowest BCUT2D eigenvalue weighted by atomic mass is 9.78. The van der Waals surface area contributed by atoms with Gasteiger partial charge >= 0.3 is 11.9 Å². The van der Waals surface area contributed by atoms with E-state index in [1.165, 1.54) is 201 Å². The Labute approximate surface area is 402 Å². The second kappa shape index (κ2) is 40.7. The van der Waals surface area contributed by atoms with Crippen molar-refractivity contribution < 1.29 is 38.2 Å². The molecule has 0 spiro atoms. The highest BCUT2D eigenvalue weighted by Gasteiger charge is 2.24. The van der Waals surface area contributed by atoms with Gasteiger partial charge in [-0.15, -0.1) is 0 Å². The summed E-state index contributed by atoms with van der Waals surface area (Å²) in [6.07, 6.45) is 49.4. The van der Waals surface area contributed by atoms with E-state index in [-0.39, 0.29) is 35.6 Å². The first-order valence-corrected chi connectivity index (χ1v) is 27.6. The minimum Gasteiger partial charge on any atom is -0.466 e. The van der Waals surface area contributed by atoms with Crippen LogP contribution in [0, 0.1) is 11.8 Å². The summed E-state index contributed by atoms with van der Waals surface area (Å²) >= 11 is 0. The number of rotatable bonds is 47. The zero-order valence-electron chi connectivity index (χ0n) is 42.3. The average molecular weight is 925 g/mol. The lowest BCUT2D eigenvalue weighted by Crippen LogP contribution is -2.30. The van der Waals surface area contributed by atoms with Crippen LogP contribution in [0.3, 0.4) is 0 Å². The number of unbranched alkanes of at least 4 members (excludes halogenated alkanes) is 26. The van der Waals surface area contributed by atoms with Gasteiger partial charge in [-0.05, 0) is 50.4 Å². The van der Waals surface area contributed by atoms with Crippen LogP contribution in [0.1, 0.15) is 258 Å². The molecule has 10 heteroatoms. The molecule has 10 nitrogen and oxygen atoms in total. The number of amides is 4. The van der Waals surface area contributed by atoms with Crippen LogP contribution in [-0.4, -0.2) is 71.7 Å². The fourth-order valence-electron chi connectivity index (χ4n) is 9.64. The first kappa shape index (κ1) is 58.8. The highest BCUT2D eigenvalue weighted by atomic mass is 16.5. The molecule has 0 saturated heterocycles. The average Bonchev–Trinajstić information content (AvgIpc) is 3.81. The zero-order chi connectivity index (χ0) is 47.7. The second-order valence-electron chi connectivity index (χ2n) is 19.5. The topological polar surface area (TPSA) is 127 Å². The molecule has 4 amide bonds. The van der Waals surface area contributed by atoms with Gasteiger partial charge in [-0.2, -0.15) is 0 Å². The van der Waals surface area contributed by atoms with Gasteiger partial charge in [0.25, 0.3) is 23.6 Å². The van der Waals surface area contributed by atoms with E-state index < -0.39 is 0 Å². The van der Waals surface area contributed by atoms with Crippen molar-refractivity contribution in [2.75, 3.05) is 26.3 Å². The number of carbonyl (C=O) groups excluding carboxylic acids is 6. The molecule has 0 aromatic rings. The van der Waals surface area contributed by atoms with E-state index in [1.54, 1.807) is 0 Å². The van der Waals surface area contributed by atoms with E-state index in [9.17, 15) is 28.8 Å². The number of carbonyl (C=O) groups is 6. The summed E-state index contributed by atoms with van der Waals surface area (Å²) in [5.41, 5.74) is 0. The van der Waals surface area contributed by atoms with Crippen molar-refractivity contribution in [3.05, 3.63) is 24.3 Å². The molecule has 0 radical (unpaired) electrons. The predicted molar refractivity (Wildman–Crippen MR) is 267 cm³/mol. The molecule has 2 atom stereocenters. The zero-order valence-corrected chi connectivity index (χ0v) is 42.3. The molecule has 0 bridgehead atoms. The van der Waals surface area contributed by atoms with E-state index in [4.69, 9.17) is 9.47 Å². The largest absolute Gasteiger partial charge is 0.466 e. The molecule has 66 heavy (non-hydrogen) atoms. The lowest BCUT2D eigenvalue weighted by molar-refractivity contribution is -0.144. The highest BCUT2D eigenvalue weighted by molar-refractivity contribution is 6.13. The molecular weight excluding hydrogens is 829 g/mol. The van der Waals surface area contributed by atoms with Crippen LogP contribution >= 0.6 is 0 Å². The highest BCUT2D eigenvalue weighted by Crippen LogP contribution is 2.34. The second-order valence-corrected chi connectivity index (χ2v) is 19.5. The number of esters is 2. The van der Waals surface area contributed by atoms with Crippen molar-refractivity contribution >= 4 is 35.6 Å². The molecule has 0 N–H and O–H groups in total. The fraction of sp³-hybridized carbons (Fsp3) is 0.821. The molecule has 0 aromatic heterocycles. The van der Waals surface area contributed by atoms with Gasteiger partial charge < -0.3 is 9.47 Å². The minimum atomic E-state index is -0.247. The smallest absolute Gasteiger partial charge is 0.305 e. The van der Waals surface area contributed by atoms with Crippen LogP contribution in [0.25, 0.3) is 0 Å². The molecule has 0 aliphatic carbocycles. The van der Waals surface area contributed by atoms with Gasteiger partial charge in [0.1, 0.15) is 0 Å². The van der Waals surface area contributed by atoms with Crippen LogP contribution in [0.4, 0.5) is 0 Å². The lowest BCUT2D eigenvalue weighted by Gasteiger charge is -2.28. The third-order valence-electron chi connectivity index (χ3n) is 13.8. The Morgan fingerprint density at radius 1 is 0.364 bits per heavy atom. The molecule has 0 fully saturated rings. The van der Waals surface area contributed by atoms with Gasteiger partial charge in [-0.1, -0.05) is 206 Å². The van der Waals surface area contributed by atoms with Crippen LogP contribution < -0.4 is 0 Å². The van der Waals surface area contributed by atoms with Crippen LogP contribution in [0.2, 0.25) is 0 Å². The van der Waals surface area contributed by atoms with Crippen molar-refractivity contribution in [1.82, 2.24) is 9.80 Å². The van der Waals surface area contributed by atoms with Crippen molar-refractivity contribution in [2.24, 2.45) is 11.8 Å². The summed E-state index contributed by atoms with van der Waals surface area (Å²) in [6.45, 7) is 6.42. The maximum absolute atomic E-state index is 12.2. The van der Waals surface area contributed by atoms with Gasteiger partial charge in [0, 0.05) is 50.2 Å². The SMILES string of the molecule is CCCCCCCCCC(CCCCCCCCOC(=O)CCCCCN1C(=O)C=CC1=O)C(CCCCCCCC)CCCCCCCCCOC(=O)CCCCCN1C(=O)C=CC1=O. The molecule has 2 aliphatic rings. The Kier molecular flexibility index (Phi) is 36.3. The quantitative estimate of drug-likeness (QED) is 0.0335. The predicted octanol–water partition coefficient (Wildman–Crippen LogP) is 14.0. The summed E-state index contributed by atoms with van der Waals surface area (Å²) in [7, 11) is 0. The normalized spacial score (nSPS) is 14.6. The standard InChI is InChI=1S/C56H96N2O8/c1-3-5-7-9-12-18-26-36-50(38-28-20-14-16-22-34-48-66-56(64)40-30-24-32-46-58-53(61)43-44-54(58)62)49(35-25-17-10-8-6-4-2)37-27-19-13-11-15-21-33-47-65-55(63)39-29-23-31-45-57-51(59)41-42-52(57)60/h41-44,49-50H,3-40,45-48H2,1-2H3. The van der Waals surface area contributed by atoms with E-state index in [0.29, 0.717) is 64.8 Å². The Bertz CT molecular complexity index is 1340. The van der Waals surface area contributed by atoms with Crippen LogP contribution in [0.5, 0.6) is 0 Å². The first-order chi connectivity index (χ1) is 32.3. The van der Waals surface area contributed by atoms with Gasteiger partial charge in [0.05, 0.1) is 13.2 Å². The maximum Gasteiger partial charge on any atom is 0.305 e. The van der Waals surface area contributed by atoms with E-state index >= 15 is 0 Å². The minimum absolute atomic E-state index is 0.144. The number of hydrogen-bond acceptors (Lipinski definition) is 8. The van der Waals surface area contributed by atoms with Crippen molar-refractivity contribution in [2.45, 2.75) is 258 Å². The van der Waals surface area contributed by atoms with Gasteiger partial charge in [-0.25, -0.2) is 0 Å². The molecule has 0 aromatic carbocycles. The number of ether oxygens (including phenoxy) is 2. The first-order valence-electron chi connectivity index (χ1n) is 27.6. The molecule has 0 saturated carbocycles. The molecule has 2 aliphatic heterocycles. The molecular formula is C56H96N2O8. The maximum atomic E-state index is 12.2. The van der Waals surface area contributed by atoms with Gasteiger partial charge in [0.2, 0.25) is 0 Å². The van der Waals surface area contributed by atoms with Crippen molar-refractivity contribution in [3.63, 3.8) is 0 Å². The van der Waals surface area contributed by atoms with Gasteiger partial charge in [-0.3, -0.25) is 38.6 Å². The van der Waals surface area contributed by atoms with Crippen molar-refractivity contribution in [1.29, 1.82) is 0 Å². The number of nitrogens with zero attached hydrogens (tertiary/aromatic N) is 2. The summed E-state index contributed by atoms with van der Waals surface area (Å²) in [5, 5.41) is 0. The monoisotopic (exact) mass is 925 g/mol. The Balaban J connectivity index is 1.64. The summed E-state index contributed by atoms with van der Waals surface area (Å²) < 4.78 is 11.0. The van der Waals surface area contributed by atoms with Crippen LogP contribution in [0.15, 0.2) is 24.3 Å².